The van der Waals surface area contributed by atoms with Crippen molar-refractivity contribution >= 4 is 23.1 Å². The van der Waals surface area contributed by atoms with Gasteiger partial charge in [0.2, 0.25) is 5.91 Å². The summed E-state index contributed by atoms with van der Waals surface area (Å²) in [6, 6.07) is 23.4. The molecule has 142 valence electrons. The summed E-state index contributed by atoms with van der Waals surface area (Å²) in [7, 11) is 0. The van der Waals surface area contributed by atoms with Crippen molar-refractivity contribution in [1.29, 1.82) is 0 Å². The third-order valence-electron chi connectivity index (χ3n) is 4.11. The van der Waals surface area contributed by atoms with E-state index in [0.29, 0.717) is 29.2 Å². The van der Waals surface area contributed by atoms with Crippen LogP contribution < -0.4 is 15.4 Å². The molecule has 0 bridgehead atoms. The zero-order chi connectivity index (χ0) is 19.8. The maximum Gasteiger partial charge on any atom is 0.243 e. The molecule has 0 atom stereocenters. The molecule has 0 fully saturated rings. The van der Waals surface area contributed by atoms with Crippen LogP contribution in [0, 0.1) is 0 Å². The highest BCUT2D eigenvalue weighted by Crippen LogP contribution is 2.23. The lowest BCUT2D eigenvalue weighted by molar-refractivity contribution is -0.114. The number of hydrogen-bond acceptors (Lipinski definition) is 4. The summed E-state index contributed by atoms with van der Waals surface area (Å²) in [6.45, 7) is 2.50. The SMILES string of the molecule is CCOc1ccccc1NCC(=O)Nc1ccccc1C(=O)c1ccccc1. The van der Waals surface area contributed by atoms with E-state index in [0.717, 1.165) is 5.69 Å². The number of carbonyl (C=O) groups is 2. The molecule has 3 aromatic carbocycles. The van der Waals surface area contributed by atoms with E-state index in [-0.39, 0.29) is 18.2 Å². The van der Waals surface area contributed by atoms with Crippen LogP contribution in [0.3, 0.4) is 0 Å². The number of para-hydroxylation sites is 3. The van der Waals surface area contributed by atoms with E-state index < -0.39 is 0 Å². The molecule has 0 spiro atoms. The van der Waals surface area contributed by atoms with Crippen molar-refractivity contribution in [3.8, 4) is 5.75 Å². The molecule has 1 amide bonds. The molecule has 0 saturated heterocycles. The van der Waals surface area contributed by atoms with Gasteiger partial charge < -0.3 is 15.4 Å². The second-order valence-corrected chi connectivity index (χ2v) is 6.07. The van der Waals surface area contributed by atoms with Gasteiger partial charge in [0.25, 0.3) is 0 Å². The molecule has 0 aliphatic carbocycles. The number of anilines is 2. The molecule has 5 nitrogen and oxygen atoms in total. The summed E-state index contributed by atoms with van der Waals surface area (Å²) in [5.41, 5.74) is 2.26. The lowest BCUT2D eigenvalue weighted by Crippen LogP contribution is -2.23. The Morgan fingerprint density at radius 1 is 0.821 bits per heavy atom. The number of nitrogens with one attached hydrogen (secondary N) is 2. The number of hydrogen-bond donors (Lipinski definition) is 2. The summed E-state index contributed by atoms with van der Waals surface area (Å²) in [5, 5.41) is 5.90. The molecule has 0 aliphatic rings. The fraction of sp³-hybridized carbons (Fsp3) is 0.130. The number of ether oxygens (including phenoxy) is 1. The predicted octanol–water partition coefficient (Wildman–Crippen LogP) is 4.37. The number of carbonyl (C=O) groups excluding carboxylic acids is 2. The van der Waals surface area contributed by atoms with Crippen molar-refractivity contribution in [3.63, 3.8) is 0 Å². The quantitative estimate of drug-likeness (QED) is 0.575. The molecule has 0 saturated carbocycles. The van der Waals surface area contributed by atoms with Crippen molar-refractivity contribution in [2.45, 2.75) is 6.92 Å². The fourth-order valence-corrected chi connectivity index (χ4v) is 2.80. The molecule has 0 heterocycles. The van der Waals surface area contributed by atoms with Crippen LogP contribution in [-0.2, 0) is 4.79 Å². The minimum Gasteiger partial charge on any atom is -0.492 e. The summed E-state index contributed by atoms with van der Waals surface area (Å²) in [6.07, 6.45) is 0. The number of ketones is 1. The summed E-state index contributed by atoms with van der Waals surface area (Å²) >= 11 is 0. The maximum absolute atomic E-state index is 12.8. The van der Waals surface area contributed by atoms with Gasteiger partial charge in [-0.1, -0.05) is 54.6 Å². The first-order valence-corrected chi connectivity index (χ1v) is 9.13. The highest BCUT2D eigenvalue weighted by molar-refractivity contribution is 6.14. The monoisotopic (exact) mass is 374 g/mol. The first kappa shape index (κ1) is 19.2. The first-order chi connectivity index (χ1) is 13.7. The second-order valence-electron chi connectivity index (χ2n) is 6.07. The molecular weight excluding hydrogens is 352 g/mol. The molecule has 28 heavy (non-hydrogen) atoms. The van der Waals surface area contributed by atoms with Gasteiger partial charge in [0.1, 0.15) is 5.75 Å². The van der Waals surface area contributed by atoms with E-state index in [4.69, 9.17) is 4.74 Å². The fourth-order valence-electron chi connectivity index (χ4n) is 2.80. The minimum atomic E-state index is -0.250. The zero-order valence-corrected chi connectivity index (χ0v) is 15.6. The predicted molar refractivity (Wildman–Crippen MR) is 111 cm³/mol. The highest BCUT2D eigenvalue weighted by atomic mass is 16.5. The molecule has 3 aromatic rings. The molecule has 3 rings (SSSR count). The van der Waals surface area contributed by atoms with Gasteiger partial charge >= 0.3 is 0 Å². The van der Waals surface area contributed by atoms with Crippen LogP contribution in [0.2, 0.25) is 0 Å². The smallest absolute Gasteiger partial charge is 0.243 e. The van der Waals surface area contributed by atoms with Gasteiger partial charge in [0, 0.05) is 11.1 Å². The van der Waals surface area contributed by atoms with Crippen LogP contribution in [-0.4, -0.2) is 24.8 Å². The van der Waals surface area contributed by atoms with Gasteiger partial charge in [-0.3, -0.25) is 9.59 Å². The third kappa shape index (κ3) is 4.76. The lowest BCUT2D eigenvalue weighted by Gasteiger charge is -2.13. The van der Waals surface area contributed by atoms with Crippen LogP contribution in [0.15, 0.2) is 78.9 Å². The number of rotatable bonds is 8. The normalized spacial score (nSPS) is 10.2. The average molecular weight is 374 g/mol. The second kappa shape index (κ2) is 9.37. The molecule has 5 heteroatoms. The Morgan fingerprint density at radius 2 is 1.46 bits per heavy atom. The van der Waals surface area contributed by atoms with Gasteiger partial charge in [0.15, 0.2) is 5.78 Å². The summed E-state index contributed by atoms with van der Waals surface area (Å²) < 4.78 is 5.55. The molecule has 0 aliphatic heterocycles. The molecule has 0 unspecified atom stereocenters. The van der Waals surface area contributed by atoms with E-state index in [1.54, 1.807) is 36.4 Å². The van der Waals surface area contributed by atoms with E-state index in [2.05, 4.69) is 10.6 Å². The molecule has 0 aromatic heterocycles. The van der Waals surface area contributed by atoms with Crippen LogP contribution in [0.25, 0.3) is 0 Å². The summed E-state index contributed by atoms with van der Waals surface area (Å²) in [4.78, 5) is 25.2. The van der Waals surface area contributed by atoms with Crippen molar-refractivity contribution in [1.82, 2.24) is 0 Å². The maximum atomic E-state index is 12.8. The summed E-state index contributed by atoms with van der Waals surface area (Å²) in [5.74, 6) is 0.309. The standard InChI is InChI=1S/C23H22N2O3/c1-2-28-21-15-9-8-14-20(21)24-16-22(26)25-19-13-7-6-12-18(19)23(27)17-10-4-3-5-11-17/h3-15,24H,2,16H2,1H3,(H,25,26). The first-order valence-electron chi connectivity index (χ1n) is 9.13. The van der Waals surface area contributed by atoms with Crippen LogP contribution >= 0.6 is 0 Å². The largest absolute Gasteiger partial charge is 0.492 e. The minimum absolute atomic E-state index is 0.0535. The molecule has 0 radical (unpaired) electrons. The van der Waals surface area contributed by atoms with E-state index in [1.165, 1.54) is 0 Å². The Bertz CT molecular complexity index is 955. The van der Waals surface area contributed by atoms with Crippen molar-refractivity contribution < 1.29 is 14.3 Å². The highest BCUT2D eigenvalue weighted by Gasteiger charge is 2.15. The van der Waals surface area contributed by atoms with Gasteiger partial charge in [0.05, 0.1) is 24.5 Å². The lowest BCUT2D eigenvalue weighted by atomic mass is 10.0. The van der Waals surface area contributed by atoms with Gasteiger partial charge in [-0.2, -0.15) is 0 Å². The average Bonchev–Trinajstić information content (AvgIpc) is 2.74. The van der Waals surface area contributed by atoms with Crippen molar-refractivity contribution in [2.24, 2.45) is 0 Å². The van der Waals surface area contributed by atoms with E-state index >= 15 is 0 Å². The van der Waals surface area contributed by atoms with Gasteiger partial charge in [-0.05, 0) is 31.2 Å². The van der Waals surface area contributed by atoms with Gasteiger partial charge in [-0.25, -0.2) is 0 Å². The van der Waals surface area contributed by atoms with Crippen LogP contribution in [0.4, 0.5) is 11.4 Å². The molecule has 2 N–H and O–H groups in total. The van der Waals surface area contributed by atoms with Crippen LogP contribution in [0.1, 0.15) is 22.8 Å². The Kier molecular flexibility index (Phi) is 6.41. The Hall–Kier alpha value is -3.60. The van der Waals surface area contributed by atoms with Gasteiger partial charge in [-0.15, -0.1) is 0 Å². The Morgan fingerprint density at radius 3 is 2.21 bits per heavy atom. The Balaban J connectivity index is 1.69. The van der Waals surface area contributed by atoms with Crippen LogP contribution in [0.5, 0.6) is 5.75 Å². The van der Waals surface area contributed by atoms with Crippen molar-refractivity contribution in [2.75, 3.05) is 23.8 Å². The zero-order valence-electron chi connectivity index (χ0n) is 15.6. The number of benzene rings is 3. The molecular formula is C23H22N2O3. The Labute approximate surface area is 164 Å². The topological polar surface area (TPSA) is 67.4 Å². The third-order valence-corrected chi connectivity index (χ3v) is 4.11. The van der Waals surface area contributed by atoms with E-state index in [9.17, 15) is 9.59 Å². The van der Waals surface area contributed by atoms with Crippen molar-refractivity contribution in [3.05, 3.63) is 90.0 Å². The van der Waals surface area contributed by atoms with E-state index in [1.807, 2.05) is 49.4 Å². The number of amides is 1.